The summed E-state index contributed by atoms with van der Waals surface area (Å²) in [4.78, 5) is 15.6. The van der Waals surface area contributed by atoms with Crippen molar-refractivity contribution in [2.45, 2.75) is 13.8 Å². The van der Waals surface area contributed by atoms with Crippen LogP contribution >= 0.6 is 27.5 Å². The van der Waals surface area contributed by atoms with Crippen LogP contribution in [0.3, 0.4) is 0 Å². The minimum absolute atomic E-state index is 0.192. The molecule has 1 rings (SSSR count). The molecule has 3 nitrogen and oxygen atoms in total. The third-order valence-electron chi connectivity index (χ3n) is 1.72. The van der Waals surface area contributed by atoms with Gasteiger partial charge in [-0.15, -0.1) is 0 Å². The monoisotopic (exact) mass is 290 g/mol. The van der Waals surface area contributed by atoms with Crippen LogP contribution in [-0.2, 0) is 0 Å². The van der Waals surface area contributed by atoms with Gasteiger partial charge in [0.2, 0.25) is 0 Å². The minimum atomic E-state index is -0.192. The van der Waals surface area contributed by atoms with Crippen LogP contribution < -0.4 is 5.32 Å². The molecule has 1 aromatic rings. The molecule has 0 unspecified atom stereocenters. The summed E-state index contributed by atoms with van der Waals surface area (Å²) in [6, 6.07) is 1.66. The molecule has 1 aromatic heterocycles. The molecule has 0 radical (unpaired) electrons. The summed E-state index contributed by atoms with van der Waals surface area (Å²) in [5, 5.41) is 3.00. The van der Waals surface area contributed by atoms with Gasteiger partial charge in [-0.05, 0) is 27.9 Å². The number of hydrogen-bond acceptors (Lipinski definition) is 2. The molecule has 1 N–H and O–H groups in total. The fourth-order valence-electron chi connectivity index (χ4n) is 0.974. The zero-order valence-corrected chi connectivity index (χ0v) is 10.9. The second kappa shape index (κ2) is 5.47. The molecule has 0 saturated heterocycles. The average Bonchev–Trinajstić information content (AvgIpc) is 2.18. The molecule has 82 valence electrons. The predicted molar refractivity (Wildman–Crippen MR) is 64.1 cm³/mol. The zero-order valence-electron chi connectivity index (χ0n) is 8.55. The van der Waals surface area contributed by atoms with Crippen molar-refractivity contribution in [3.8, 4) is 0 Å². The van der Waals surface area contributed by atoms with E-state index in [1.807, 2.05) is 13.8 Å². The van der Waals surface area contributed by atoms with Crippen LogP contribution in [0.15, 0.2) is 16.7 Å². The molecule has 0 aliphatic heterocycles. The largest absolute Gasteiger partial charge is 0.352 e. The molecule has 0 aliphatic rings. The average molecular weight is 292 g/mol. The number of pyridine rings is 1. The Morgan fingerprint density at radius 1 is 1.67 bits per heavy atom. The Morgan fingerprint density at radius 3 is 2.93 bits per heavy atom. The molecule has 0 aliphatic carbocycles. The number of carbonyl (C=O) groups is 1. The van der Waals surface area contributed by atoms with Gasteiger partial charge in [0.15, 0.2) is 0 Å². The number of rotatable bonds is 3. The first-order valence-corrected chi connectivity index (χ1v) is 5.77. The standard InChI is InChI=1S/C10H12BrClN2O/c1-6(2)4-14-10(15)8-3-7(11)5-13-9(8)12/h3,5-6H,4H2,1-2H3,(H,14,15). The molecular formula is C10H12BrClN2O. The van der Waals surface area contributed by atoms with Crippen molar-refractivity contribution in [1.29, 1.82) is 0 Å². The highest BCUT2D eigenvalue weighted by molar-refractivity contribution is 9.10. The van der Waals surface area contributed by atoms with Gasteiger partial charge in [-0.25, -0.2) is 4.98 Å². The van der Waals surface area contributed by atoms with Gasteiger partial charge in [-0.1, -0.05) is 25.4 Å². The van der Waals surface area contributed by atoms with E-state index in [4.69, 9.17) is 11.6 Å². The number of nitrogens with one attached hydrogen (secondary N) is 1. The Labute approximate surface area is 102 Å². The molecule has 0 fully saturated rings. The van der Waals surface area contributed by atoms with E-state index in [9.17, 15) is 4.79 Å². The van der Waals surface area contributed by atoms with Crippen molar-refractivity contribution in [2.75, 3.05) is 6.54 Å². The van der Waals surface area contributed by atoms with Crippen LogP contribution in [0.5, 0.6) is 0 Å². The third kappa shape index (κ3) is 3.80. The van der Waals surface area contributed by atoms with Crippen molar-refractivity contribution >= 4 is 33.4 Å². The maximum Gasteiger partial charge on any atom is 0.254 e. The quantitative estimate of drug-likeness (QED) is 0.870. The fraction of sp³-hybridized carbons (Fsp3) is 0.400. The summed E-state index contributed by atoms with van der Waals surface area (Å²) in [6.07, 6.45) is 1.56. The first-order valence-electron chi connectivity index (χ1n) is 4.60. The van der Waals surface area contributed by atoms with Gasteiger partial charge in [0.25, 0.3) is 5.91 Å². The van der Waals surface area contributed by atoms with Gasteiger partial charge in [0.05, 0.1) is 5.56 Å². The van der Waals surface area contributed by atoms with E-state index in [0.717, 1.165) is 4.47 Å². The topological polar surface area (TPSA) is 42.0 Å². The van der Waals surface area contributed by atoms with Gasteiger partial charge in [-0.2, -0.15) is 0 Å². The van der Waals surface area contributed by atoms with Gasteiger partial charge in [0.1, 0.15) is 5.15 Å². The zero-order chi connectivity index (χ0) is 11.4. The van der Waals surface area contributed by atoms with Crippen LogP contribution in [0.25, 0.3) is 0 Å². The Hall–Kier alpha value is -0.610. The van der Waals surface area contributed by atoms with Crippen LogP contribution in [0.1, 0.15) is 24.2 Å². The molecule has 0 bridgehead atoms. The summed E-state index contributed by atoms with van der Waals surface area (Å²) < 4.78 is 0.738. The number of halogens is 2. The maximum absolute atomic E-state index is 11.7. The van der Waals surface area contributed by atoms with Gasteiger partial charge < -0.3 is 5.32 Å². The first-order chi connectivity index (χ1) is 7.00. The lowest BCUT2D eigenvalue weighted by Gasteiger charge is -2.08. The Morgan fingerprint density at radius 2 is 2.33 bits per heavy atom. The molecule has 0 aromatic carbocycles. The smallest absolute Gasteiger partial charge is 0.254 e. The summed E-state index contributed by atoms with van der Waals surface area (Å²) in [5.41, 5.74) is 0.395. The second-order valence-electron chi connectivity index (χ2n) is 3.60. The van der Waals surface area contributed by atoms with E-state index >= 15 is 0 Å². The van der Waals surface area contributed by atoms with E-state index in [2.05, 4.69) is 26.2 Å². The van der Waals surface area contributed by atoms with Crippen molar-refractivity contribution in [1.82, 2.24) is 10.3 Å². The molecule has 1 amide bonds. The van der Waals surface area contributed by atoms with E-state index in [0.29, 0.717) is 18.0 Å². The number of hydrogen-bond donors (Lipinski definition) is 1. The van der Waals surface area contributed by atoms with Crippen LogP contribution in [0.2, 0.25) is 5.15 Å². The van der Waals surface area contributed by atoms with E-state index in [-0.39, 0.29) is 11.1 Å². The highest BCUT2D eigenvalue weighted by Crippen LogP contribution is 2.17. The summed E-state index contributed by atoms with van der Waals surface area (Å²) >= 11 is 9.06. The highest BCUT2D eigenvalue weighted by Gasteiger charge is 2.11. The molecule has 15 heavy (non-hydrogen) atoms. The van der Waals surface area contributed by atoms with Gasteiger partial charge >= 0.3 is 0 Å². The van der Waals surface area contributed by atoms with Crippen LogP contribution in [0.4, 0.5) is 0 Å². The number of nitrogens with zero attached hydrogens (tertiary/aromatic N) is 1. The molecule has 0 spiro atoms. The van der Waals surface area contributed by atoms with E-state index in [1.54, 1.807) is 12.3 Å². The summed E-state index contributed by atoms with van der Waals surface area (Å²) in [7, 11) is 0. The lowest BCUT2D eigenvalue weighted by Crippen LogP contribution is -2.27. The first kappa shape index (κ1) is 12.5. The molecule has 1 heterocycles. The molecule has 0 atom stereocenters. The van der Waals surface area contributed by atoms with Crippen LogP contribution in [-0.4, -0.2) is 17.4 Å². The number of carbonyl (C=O) groups excluding carboxylic acids is 1. The minimum Gasteiger partial charge on any atom is -0.352 e. The van der Waals surface area contributed by atoms with E-state index in [1.165, 1.54) is 0 Å². The van der Waals surface area contributed by atoms with Crippen LogP contribution in [0, 0.1) is 5.92 Å². The maximum atomic E-state index is 11.7. The van der Waals surface area contributed by atoms with Gasteiger partial charge in [-0.3, -0.25) is 4.79 Å². The molecule has 5 heteroatoms. The Balaban J connectivity index is 2.77. The predicted octanol–water partition coefficient (Wildman–Crippen LogP) is 2.88. The highest BCUT2D eigenvalue weighted by atomic mass is 79.9. The van der Waals surface area contributed by atoms with Gasteiger partial charge in [0, 0.05) is 17.2 Å². The SMILES string of the molecule is CC(C)CNC(=O)c1cc(Br)cnc1Cl. The third-order valence-corrected chi connectivity index (χ3v) is 2.46. The lowest BCUT2D eigenvalue weighted by molar-refractivity contribution is 0.0948. The number of aromatic nitrogens is 1. The fourth-order valence-corrected chi connectivity index (χ4v) is 1.49. The number of amides is 1. The van der Waals surface area contributed by atoms with Crippen molar-refractivity contribution < 1.29 is 4.79 Å². The molecule has 0 saturated carbocycles. The normalized spacial score (nSPS) is 10.5. The van der Waals surface area contributed by atoms with Crippen molar-refractivity contribution in [2.24, 2.45) is 5.92 Å². The summed E-state index contributed by atoms with van der Waals surface area (Å²) in [6.45, 7) is 4.68. The summed E-state index contributed by atoms with van der Waals surface area (Å²) in [5.74, 6) is 0.218. The Kier molecular flexibility index (Phi) is 4.54. The molecular weight excluding hydrogens is 279 g/mol. The lowest BCUT2D eigenvalue weighted by atomic mass is 10.2. The van der Waals surface area contributed by atoms with Crippen molar-refractivity contribution in [3.05, 3.63) is 27.5 Å². The van der Waals surface area contributed by atoms with Crippen molar-refractivity contribution in [3.63, 3.8) is 0 Å². The second-order valence-corrected chi connectivity index (χ2v) is 4.87. The van der Waals surface area contributed by atoms with E-state index < -0.39 is 0 Å². The Bertz CT molecular complexity index is 368.